The topological polar surface area (TPSA) is 58.1 Å². The second-order valence-corrected chi connectivity index (χ2v) is 7.32. The minimum Gasteiger partial charge on any atom is -0.497 e. The number of benzene rings is 1. The number of aliphatic imine (C=N–C) groups is 1. The summed E-state index contributed by atoms with van der Waals surface area (Å²) in [5.74, 6) is 2.37. The van der Waals surface area contributed by atoms with Gasteiger partial charge in [0.2, 0.25) is 0 Å². The highest BCUT2D eigenvalue weighted by Gasteiger charge is 2.19. The molecule has 2 N–H and O–H groups in total. The average Bonchev–Trinajstić information content (AvgIpc) is 2.54. The third-order valence-electron chi connectivity index (χ3n) is 3.64. The molecule has 0 saturated heterocycles. The molecule has 0 aliphatic carbocycles. The van der Waals surface area contributed by atoms with Crippen molar-refractivity contribution in [2.24, 2.45) is 10.4 Å². The maximum absolute atomic E-state index is 5.92. The first-order valence-electron chi connectivity index (χ1n) is 8.65. The molecule has 0 spiro atoms. The lowest BCUT2D eigenvalue weighted by molar-refractivity contribution is 0.221. The molecule has 1 aromatic carbocycles. The molecule has 0 radical (unpaired) electrons. The van der Waals surface area contributed by atoms with Gasteiger partial charge in [0.1, 0.15) is 17.6 Å². The van der Waals surface area contributed by atoms with Crippen LogP contribution in [-0.2, 0) is 0 Å². The maximum atomic E-state index is 5.92. The molecule has 0 aromatic heterocycles. The van der Waals surface area contributed by atoms with Crippen LogP contribution in [0, 0.1) is 5.41 Å². The van der Waals surface area contributed by atoms with Crippen molar-refractivity contribution in [2.75, 3.05) is 47.9 Å². The predicted octanol–water partition coefficient (Wildman–Crippen LogP) is 2.22. The van der Waals surface area contributed by atoms with Gasteiger partial charge in [-0.2, -0.15) is 0 Å². The highest BCUT2D eigenvalue weighted by atomic mass is 16.5. The molecule has 0 heterocycles. The van der Waals surface area contributed by atoms with Crippen molar-refractivity contribution < 1.29 is 9.47 Å². The van der Waals surface area contributed by atoms with Crippen LogP contribution >= 0.6 is 0 Å². The number of nitrogens with zero attached hydrogens (tertiary/aromatic N) is 2. The largest absolute Gasteiger partial charge is 0.497 e. The highest BCUT2D eigenvalue weighted by molar-refractivity contribution is 5.79. The fourth-order valence-corrected chi connectivity index (χ4v) is 2.64. The molecule has 1 unspecified atom stereocenters. The van der Waals surface area contributed by atoms with Crippen molar-refractivity contribution in [3.05, 3.63) is 24.3 Å². The number of guanidine groups is 1. The Balaban J connectivity index is 2.43. The third kappa shape index (κ3) is 8.63. The highest BCUT2D eigenvalue weighted by Crippen LogP contribution is 2.19. The van der Waals surface area contributed by atoms with Gasteiger partial charge in [-0.3, -0.25) is 4.99 Å². The fraction of sp³-hybridized carbons (Fsp3) is 0.632. The lowest BCUT2D eigenvalue weighted by atomic mass is 9.93. The number of rotatable bonds is 9. The van der Waals surface area contributed by atoms with Crippen LogP contribution in [0.2, 0.25) is 0 Å². The minimum absolute atomic E-state index is 0.000409. The van der Waals surface area contributed by atoms with Gasteiger partial charge < -0.3 is 25.0 Å². The Morgan fingerprint density at radius 3 is 2.52 bits per heavy atom. The molecule has 25 heavy (non-hydrogen) atoms. The molecule has 1 aromatic rings. The van der Waals surface area contributed by atoms with Gasteiger partial charge in [0.05, 0.1) is 13.7 Å². The smallest absolute Gasteiger partial charge is 0.191 e. The second kappa shape index (κ2) is 10.1. The SMILES string of the molecule is CN=C(NCC(C)Oc1cccc(OC)c1)NCC(C)(C)CN(C)C. The number of hydrogen-bond donors (Lipinski definition) is 2. The van der Waals surface area contributed by atoms with Gasteiger partial charge in [0, 0.05) is 26.2 Å². The van der Waals surface area contributed by atoms with Crippen molar-refractivity contribution in [1.29, 1.82) is 0 Å². The van der Waals surface area contributed by atoms with Crippen LogP contribution in [0.15, 0.2) is 29.3 Å². The summed E-state index contributed by atoms with van der Waals surface area (Å²) in [7, 11) is 7.61. The van der Waals surface area contributed by atoms with Gasteiger partial charge in [-0.05, 0) is 38.6 Å². The van der Waals surface area contributed by atoms with E-state index in [2.05, 4.69) is 48.5 Å². The number of hydrogen-bond acceptors (Lipinski definition) is 4. The van der Waals surface area contributed by atoms with E-state index in [0.717, 1.165) is 30.5 Å². The van der Waals surface area contributed by atoms with Gasteiger partial charge in [0.25, 0.3) is 0 Å². The Kier molecular flexibility index (Phi) is 8.55. The molecule has 0 aliphatic heterocycles. The van der Waals surface area contributed by atoms with Crippen LogP contribution < -0.4 is 20.1 Å². The number of methoxy groups -OCH3 is 1. The lowest BCUT2D eigenvalue weighted by Crippen LogP contribution is -2.46. The average molecular weight is 351 g/mol. The Morgan fingerprint density at radius 2 is 1.92 bits per heavy atom. The van der Waals surface area contributed by atoms with E-state index in [-0.39, 0.29) is 11.5 Å². The van der Waals surface area contributed by atoms with Crippen LogP contribution in [0.3, 0.4) is 0 Å². The first kappa shape index (κ1) is 21.1. The standard InChI is InChI=1S/C19H34N4O2/c1-15(25-17-10-8-9-16(11-17)24-7)12-21-18(20-4)22-13-19(2,3)14-23(5)6/h8-11,15H,12-14H2,1-7H3,(H2,20,21,22). The summed E-state index contributed by atoms with van der Waals surface area (Å²) in [5.41, 5.74) is 0.157. The summed E-state index contributed by atoms with van der Waals surface area (Å²) in [4.78, 5) is 6.48. The van der Waals surface area contributed by atoms with Crippen LogP contribution in [0.1, 0.15) is 20.8 Å². The van der Waals surface area contributed by atoms with Gasteiger partial charge in [-0.25, -0.2) is 0 Å². The molecule has 0 bridgehead atoms. The molecule has 0 fully saturated rings. The van der Waals surface area contributed by atoms with E-state index in [4.69, 9.17) is 9.47 Å². The molecule has 6 nitrogen and oxygen atoms in total. The summed E-state index contributed by atoms with van der Waals surface area (Å²) in [6, 6.07) is 7.63. The Bertz CT molecular complexity index is 544. The summed E-state index contributed by atoms with van der Waals surface area (Å²) in [6.45, 7) is 9.01. The van der Waals surface area contributed by atoms with Gasteiger partial charge in [-0.1, -0.05) is 19.9 Å². The van der Waals surface area contributed by atoms with E-state index in [1.807, 2.05) is 31.2 Å². The van der Waals surface area contributed by atoms with Crippen molar-refractivity contribution >= 4 is 5.96 Å². The molecule has 6 heteroatoms. The van der Waals surface area contributed by atoms with Gasteiger partial charge in [0.15, 0.2) is 5.96 Å². The van der Waals surface area contributed by atoms with Crippen molar-refractivity contribution in [3.63, 3.8) is 0 Å². The van der Waals surface area contributed by atoms with Crippen LogP contribution in [0.4, 0.5) is 0 Å². The minimum atomic E-state index is 0.000409. The monoisotopic (exact) mass is 350 g/mol. The van der Waals surface area contributed by atoms with E-state index in [9.17, 15) is 0 Å². The summed E-state index contributed by atoms with van der Waals surface area (Å²) in [6.07, 6.45) is 0.000409. The molecular weight excluding hydrogens is 316 g/mol. The molecule has 0 aliphatic rings. The molecule has 0 amide bonds. The van der Waals surface area contributed by atoms with E-state index in [1.165, 1.54) is 0 Å². The summed E-state index contributed by atoms with van der Waals surface area (Å²) >= 11 is 0. The van der Waals surface area contributed by atoms with Gasteiger partial charge >= 0.3 is 0 Å². The Morgan fingerprint density at radius 1 is 1.24 bits per heavy atom. The zero-order valence-electron chi connectivity index (χ0n) is 16.7. The molecule has 1 rings (SSSR count). The quantitative estimate of drug-likeness (QED) is 0.528. The zero-order chi connectivity index (χ0) is 18.9. The predicted molar refractivity (Wildman–Crippen MR) is 105 cm³/mol. The second-order valence-electron chi connectivity index (χ2n) is 7.32. The Labute approximate surface area is 152 Å². The summed E-state index contributed by atoms with van der Waals surface area (Å²) < 4.78 is 11.1. The first-order chi connectivity index (χ1) is 11.8. The van der Waals surface area contributed by atoms with Gasteiger partial charge in [-0.15, -0.1) is 0 Å². The normalized spacial score (nSPS) is 13.5. The van der Waals surface area contributed by atoms with Crippen LogP contribution in [0.5, 0.6) is 11.5 Å². The molecular formula is C19H34N4O2. The Hall–Kier alpha value is -1.95. The zero-order valence-corrected chi connectivity index (χ0v) is 16.7. The van der Waals surface area contributed by atoms with Crippen LogP contribution in [-0.4, -0.2) is 64.9 Å². The summed E-state index contributed by atoms with van der Waals surface area (Å²) in [5, 5.41) is 6.70. The maximum Gasteiger partial charge on any atom is 0.191 e. The lowest BCUT2D eigenvalue weighted by Gasteiger charge is -2.29. The molecule has 1 atom stereocenters. The molecule has 0 saturated carbocycles. The van der Waals surface area contributed by atoms with Crippen molar-refractivity contribution in [1.82, 2.24) is 15.5 Å². The first-order valence-corrected chi connectivity index (χ1v) is 8.65. The van der Waals surface area contributed by atoms with Crippen molar-refractivity contribution in [2.45, 2.75) is 26.9 Å². The van der Waals surface area contributed by atoms with Crippen LogP contribution in [0.25, 0.3) is 0 Å². The van der Waals surface area contributed by atoms with E-state index in [1.54, 1.807) is 14.2 Å². The third-order valence-corrected chi connectivity index (χ3v) is 3.64. The number of nitrogens with one attached hydrogen (secondary N) is 2. The van der Waals surface area contributed by atoms with Crippen molar-refractivity contribution in [3.8, 4) is 11.5 Å². The fourth-order valence-electron chi connectivity index (χ4n) is 2.64. The van der Waals surface area contributed by atoms with E-state index >= 15 is 0 Å². The molecule has 142 valence electrons. The number of ether oxygens (including phenoxy) is 2. The van der Waals surface area contributed by atoms with E-state index < -0.39 is 0 Å². The van der Waals surface area contributed by atoms with E-state index in [0.29, 0.717) is 6.54 Å².